The standard InChI is InChI=1S/C65H123NO21P2/c1-6-10-14-18-21-24-25-26-27-29-31-34-38-42-52(68)47-56(70)66-58-61(81-46-44-51(67)41-37-33-17-13-9-4)60(86-88(73,74)75)55(49-79-5)84-64(58)82-50-54-59(72)62(80-45-40-36-32-23-20-16-12-8-3)63(65(83-54)87-89(76,77)78)85-57(71)48-53(69)43-39-35-30-28-22-19-15-11-7-2/h24-25,51-52,54-55,58-65,67-68,72H,6-23,26-50H2,1-5H3,(H,66,70)(H2,73,74,75)(H2,76,77,78)/b25-24-/t51-,52-,54-,55-,58-,59-,60-,61-,62+,63-,64-,65-/m1/s1. The molecule has 0 saturated carbocycles. The minimum Gasteiger partial charge on any atom is -0.454 e. The van der Waals surface area contributed by atoms with E-state index in [0.717, 1.165) is 148 Å². The fraction of sp³-hybridized carbons (Fsp3) is 0.923. The van der Waals surface area contributed by atoms with Crippen molar-refractivity contribution in [1.29, 1.82) is 0 Å². The van der Waals surface area contributed by atoms with Crippen LogP contribution >= 0.6 is 15.6 Å². The van der Waals surface area contributed by atoms with Crippen molar-refractivity contribution in [3.05, 3.63) is 12.2 Å². The van der Waals surface area contributed by atoms with E-state index in [0.29, 0.717) is 32.1 Å². The van der Waals surface area contributed by atoms with Crippen molar-refractivity contribution in [2.24, 2.45) is 0 Å². The molecule has 2 rings (SSSR count). The summed E-state index contributed by atoms with van der Waals surface area (Å²) < 4.78 is 78.3. The molecule has 2 aliphatic heterocycles. The molecule has 89 heavy (non-hydrogen) atoms. The Hall–Kier alpha value is -1.79. The number of phosphoric acid groups is 2. The molecule has 12 atom stereocenters. The fourth-order valence-electron chi connectivity index (χ4n) is 11.4. The molecule has 0 radical (unpaired) electrons. The Balaban J connectivity index is 2.46. The van der Waals surface area contributed by atoms with Gasteiger partial charge in [0, 0.05) is 26.7 Å². The number of methoxy groups -OCH3 is 1. The fourth-order valence-corrected chi connectivity index (χ4v) is 12.4. The maximum atomic E-state index is 14.1. The number of ether oxygens (including phenoxy) is 7. The largest absolute Gasteiger partial charge is 0.472 e. The monoisotopic (exact) mass is 1320 g/mol. The highest BCUT2D eigenvalue weighted by atomic mass is 31.2. The molecule has 524 valence electrons. The van der Waals surface area contributed by atoms with Gasteiger partial charge in [-0.1, -0.05) is 213 Å². The van der Waals surface area contributed by atoms with Crippen LogP contribution in [0.1, 0.15) is 278 Å². The molecule has 0 aromatic carbocycles. The first-order valence-electron chi connectivity index (χ1n) is 34.6. The lowest BCUT2D eigenvalue weighted by Crippen LogP contribution is -2.67. The topological polar surface area (TPSA) is 322 Å². The van der Waals surface area contributed by atoms with Gasteiger partial charge in [0.25, 0.3) is 0 Å². The number of Topliss-reactive ketones (excluding diaryl/α,β-unsaturated/α-hetero) is 1. The number of aliphatic hydroxyl groups is 3. The summed E-state index contributed by atoms with van der Waals surface area (Å²) in [5.74, 6) is -2.17. The number of hydrogen-bond acceptors (Lipinski definition) is 17. The van der Waals surface area contributed by atoms with E-state index in [-0.39, 0.29) is 32.7 Å². The molecular weight excluding hydrogens is 1190 g/mol. The third-order valence-electron chi connectivity index (χ3n) is 16.4. The highest BCUT2D eigenvalue weighted by Gasteiger charge is 2.54. The maximum absolute atomic E-state index is 14.1. The van der Waals surface area contributed by atoms with Crippen LogP contribution in [0, 0.1) is 0 Å². The van der Waals surface area contributed by atoms with E-state index in [2.05, 4.69) is 45.2 Å². The van der Waals surface area contributed by atoms with Gasteiger partial charge in [-0.15, -0.1) is 0 Å². The number of aliphatic hydroxyl groups excluding tert-OH is 3. The number of phosphoric ester groups is 2. The molecule has 2 fully saturated rings. The second-order valence-corrected chi connectivity index (χ2v) is 27.1. The Morgan fingerprint density at radius 1 is 0.506 bits per heavy atom. The van der Waals surface area contributed by atoms with Gasteiger partial charge in [0.05, 0.1) is 31.8 Å². The number of carbonyl (C=O) groups excluding carboxylic acids is 3. The number of ketones is 1. The molecule has 22 nitrogen and oxygen atoms in total. The minimum absolute atomic E-state index is 0.00752. The first-order chi connectivity index (χ1) is 42.8. The molecule has 2 saturated heterocycles. The molecule has 0 bridgehead atoms. The van der Waals surface area contributed by atoms with Gasteiger partial charge < -0.3 is 73.4 Å². The Bertz CT molecular complexity index is 1910. The summed E-state index contributed by atoms with van der Waals surface area (Å²) in [6, 6.07) is -1.49. The average Bonchev–Trinajstić information content (AvgIpc) is 2.14. The summed E-state index contributed by atoms with van der Waals surface area (Å²) in [6.45, 7) is 7.37. The maximum Gasteiger partial charge on any atom is 0.472 e. The minimum atomic E-state index is -5.46. The van der Waals surface area contributed by atoms with E-state index < -0.39 is 126 Å². The first-order valence-corrected chi connectivity index (χ1v) is 37.6. The summed E-state index contributed by atoms with van der Waals surface area (Å²) in [5, 5.41) is 37.2. The van der Waals surface area contributed by atoms with Crippen LogP contribution in [0.5, 0.6) is 0 Å². The van der Waals surface area contributed by atoms with Crippen LogP contribution < -0.4 is 5.32 Å². The highest BCUT2D eigenvalue weighted by molar-refractivity contribution is 7.46. The third kappa shape index (κ3) is 40.9. The van der Waals surface area contributed by atoms with Gasteiger partial charge in [-0.05, 0) is 57.8 Å². The van der Waals surface area contributed by atoms with Crippen LogP contribution in [-0.4, -0.2) is 160 Å². The quantitative estimate of drug-likeness (QED) is 0.00922. The first kappa shape index (κ1) is 83.3. The van der Waals surface area contributed by atoms with Gasteiger partial charge in [-0.25, -0.2) is 9.13 Å². The molecule has 0 spiro atoms. The van der Waals surface area contributed by atoms with Crippen molar-refractivity contribution in [1.82, 2.24) is 5.32 Å². The summed E-state index contributed by atoms with van der Waals surface area (Å²) in [4.78, 5) is 81.7. The number of rotatable bonds is 58. The van der Waals surface area contributed by atoms with Crippen molar-refractivity contribution in [3.8, 4) is 0 Å². The molecule has 0 aromatic rings. The van der Waals surface area contributed by atoms with Crippen LogP contribution in [0.2, 0.25) is 0 Å². The predicted molar refractivity (Wildman–Crippen MR) is 341 cm³/mol. The van der Waals surface area contributed by atoms with E-state index in [1.165, 1.54) is 52.1 Å². The SMILES string of the molecule is CCCCCC/C=C\CCCCCCC[C@@H](O)CC(=O)N[C@H]1[C@H](OC[C@H]2O[C@H](OP(=O)(O)O)[C@H](OC(=O)CC(=O)CCCCCCCCCCC)[C@@H](OCCCCCCCCCC)[C@@H]2O)O[C@H](COC)[C@@H](OP(=O)(O)O)[C@@H]1OCC[C@H](O)CCCCCCC. The summed E-state index contributed by atoms with van der Waals surface area (Å²) in [7, 11) is -9.50. The number of unbranched alkanes of at least 4 members (excludes halogenated alkanes) is 28. The molecule has 8 N–H and O–H groups in total. The average molecular weight is 1320 g/mol. The normalized spacial score (nSPS) is 23.2. The highest BCUT2D eigenvalue weighted by Crippen LogP contribution is 2.44. The van der Waals surface area contributed by atoms with Crippen molar-refractivity contribution in [2.45, 2.75) is 352 Å². The number of allylic oxidation sites excluding steroid dienone is 2. The van der Waals surface area contributed by atoms with Crippen LogP contribution in [0.15, 0.2) is 12.2 Å². The number of esters is 1. The van der Waals surface area contributed by atoms with Crippen LogP contribution in [0.4, 0.5) is 0 Å². The Morgan fingerprint density at radius 2 is 0.978 bits per heavy atom. The second kappa shape index (κ2) is 51.5. The molecular formula is C65H123NO21P2. The Kier molecular flexibility index (Phi) is 48.2. The van der Waals surface area contributed by atoms with Gasteiger partial charge in [-0.2, -0.15) is 0 Å². The van der Waals surface area contributed by atoms with Gasteiger partial charge in [0.2, 0.25) is 12.2 Å². The van der Waals surface area contributed by atoms with Crippen molar-refractivity contribution >= 4 is 33.3 Å². The summed E-state index contributed by atoms with van der Waals surface area (Å²) >= 11 is 0. The zero-order valence-corrected chi connectivity index (χ0v) is 57.0. The number of carbonyl (C=O) groups is 3. The lowest BCUT2D eigenvalue weighted by atomic mass is 9.95. The smallest absolute Gasteiger partial charge is 0.454 e. The Morgan fingerprint density at radius 3 is 1.52 bits per heavy atom. The Labute approximate surface area is 534 Å². The van der Waals surface area contributed by atoms with E-state index in [4.69, 9.17) is 42.2 Å². The zero-order valence-electron chi connectivity index (χ0n) is 55.2. The van der Waals surface area contributed by atoms with E-state index in [9.17, 15) is 58.4 Å². The van der Waals surface area contributed by atoms with Gasteiger partial charge in [0.15, 0.2) is 12.4 Å². The van der Waals surface area contributed by atoms with Crippen LogP contribution in [-0.2, 0) is 65.7 Å². The molecule has 0 aromatic heterocycles. The number of hydrogen-bond donors (Lipinski definition) is 8. The van der Waals surface area contributed by atoms with E-state index in [1.807, 2.05) is 0 Å². The zero-order chi connectivity index (χ0) is 65.6. The lowest BCUT2D eigenvalue weighted by Gasteiger charge is -2.47. The van der Waals surface area contributed by atoms with Crippen LogP contribution in [0.3, 0.4) is 0 Å². The second-order valence-electron chi connectivity index (χ2n) is 24.7. The number of amides is 1. The van der Waals surface area contributed by atoms with Gasteiger partial charge in [0.1, 0.15) is 54.9 Å². The molecule has 2 aliphatic rings. The van der Waals surface area contributed by atoms with Crippen LogP contribution in [0.25, 0.3) is 0 Å². The summed E-state index contributed by atoms with van der Waals surface area (Å²) in [5.41, 5.74) is 0. The van der Waals surface area contributed by atoms with Gasteiger partial charge in [-0.3, -0.25) is 23.4 Å². The van der Waals surface area contributed by atoms with Crippen molar-refractivity contribution < 1.29 is 101 Å². The van der Waals surface area contributed by atoms with E-state index >= 15 is 0 Å². The molecule has 0 aliphatic carbocycles. The van der Waals surface area contributed by atoms with Gasteiger partial charge >= 0.3 is 21.6 Å². The predicted octanol–water partition coefficient (Wildman–Crippen LogP) is 12.4. The lowest BCUT2D eigenvalue weighted by molar-refractivity contribution is -0.315. The number of nitrogens with one attached hydrogen (secondary N) is 1. The van der Waals surface area contributed by atoms with Crippen molar-refractivity contribution in [3.63, 3.8) is 0 Å². The molecule has 1 amide bonds. The van der Waals surface area contributed by atoms with Crippen molar-refractivity contribution in [2.75, 3.05) is 33.5 Å². The summed E-state index contributed by atoms with van der Waals surface area (Å²) in [6.07, 6.45) is 20.8. The molecule has 24 heteroatoms. The van der Waals surface area contributed by atoms with E-state index in [1.54, 1.807) is 0 Å². The molecule has 0 unspecified atom stereocenters. The molecule has 2 heterocycles. The third-order valence-corrected chi connectivity index (χ3v) is 17.4.